The molecule has 2 aliphatic rings. The molecular formula is C15H28N2O. The van der Waals surface area contributed by atoms with Gasteiger partial charge in [-0.3, -0.25) is 4.79 Å². The molecule has 2 rings (SSSR count). The number of carbonyl (C=O) groups excluding carboxylic acids is 1. The Hall–Kier alpha value is -0.570. The molecule has 0 spiro atoms. The fraction of sp³-hybridized carbons (Fsp3) is 0.933. The van der Waals surface area contributed by atoms with Crippen molar-refractivity contribution in [2.24, 2.45) is 11.8 Å². The third-order valence-corrected chi connectivity index (χ3v) is 4.42. The zero-order chi connectivity index (χ0) is 13.1. The standard InChI is InChI=1S/C15H28N2O/c1-12-4-8-14(9-5-12)17(11-10-16(2)3)15(18)13-6-7-13/h12-14H,4-11H2,1-3H3. The van der Waals surface area contributed by atoms with Crippen LogP contribution in [-0.2, 0) is 4.79 Å². The molecule has 0 atom stereocenters. The second kappa shape index (κ2) is 6.05. The predicted octanol–water partition coefficient (Wildman–Crippen LogP) is 2.37. The van der Waals surface area contributed by atoms with E-state index in [0.29, 0.717) is 17.9 Å². The molecule has 0 bridgehead atoms. The molecule has 18 heavy (non-hydrogen) atoms. The summed E-state index contributed by atoms with van der Waals surface area (Å²) < 4.78 is 0. The maximum atomic E-state index is 12.4. The van der Waals surface area contributed by atoms with Crippen LogP contribution >= 0.6 is 0 Å². The summed E-state index contributed by atoms with van der Waals surface area (Å²) in [5.41, 5.74) is 0. The maximum absolute atomic E-state index is 12.4. The maximum Gasteiger partial charge on any atom is 0.225 e. The summed E-state index contributed by atoms with van der Waals surface area (Å²) >= 11 is 0. The van der Waals surface area contributed by atoms with E-state index in [1.54, 1.807) is 0 Å². The highest BCUT2D eigenvalue weighted by atomic mass is 16.2. The SMILES string of the molecule is CC1CCC(N(CCN(C)C)C(=O)C2CC2)CC1. The van der Waals surface area contributed by atoms with Gasteiger partial charge < -0.3 is 9.80 Å². The van der Waals surface area contributed by atoms with Gasteiger partial charge in [0.2, 0.25) is 5.91 Å². The topological polar surface area (TPSA) is 23.6 Å². The predicted molar refractivity (Wildman–Crippen MR) is 74.4 cm³/mol. The van der Waals surface area contributed by atoms with Crippen LogP contribution in [0.15, 0.2) is 0 Å². The van der Waals surface area contributed by atoms with Crippen molar-refractivity contribution in [2.75, 3.05) is 27.2 Å². The average molecular weight is 252 g/mol. The average Bonchev–Trinajstić information content (AvgIpc) is 3.15. The molecule has 0 aromatic heterocycles. The van der Waals surface area contributed by atoms with E-state index in [1.165, 1.54) is 25.7 Å². The van der Waals surface area contributed by atoms with Crippen molar-refractivity contribution in [1.82, 2.24) is 9.80 Å². The highest BCUT2D eigenvalue weighted by molar-refractivity contribution is 5.81. The van der Waals surface area contributed by atoms with E-state index in [2.05, 4.69) is 30.8 Å². The molecule has 0 radical (unpaired) electrons. The Kier molecular flexibility index (Phi) is 4.66. The summed E-state index contributed by atoms with van der Waals surface area (Å²) in [4.78, 5) is 16.8. The molecular weight excluding hydrogens is 224 g/mol. The Morgan fingerprint density at radius 1 is 1.00 bits per heavy atom. The minimum Gasteiger partial charge on any atom is -0.338 e. The van der Waals surface area contributed by atoms with Crippen LogP contribution < -0.4 is 0 Å². The van der Waals surface area contributed by atoms with Crippen LogP contribution in [0.2, 0.25) is 0 Å². The van der Waals surface area contributed by atoms with Gasteiger partial charge in [0.25, 0.3) is 0 Å². The van der Waals surface area contributed by atoms with E-state index in [1.807, 2.05) is 0 Å². The van der Waals surface area contributed by atoms with Crippen molar-refractivity contribution in [3.63, 3.8) is 0 Å². The summed E-state index contributed by atoms with van der Waals surface area (Å²) in [7, 11) is 4.17. The van der Waals surface area contributed by atoms with Crippen molar-refractivity contribution < 1.29 is 4.79 Å². The number of rotatable bonds is 5. The van der Waals surface area contributed by atoms with Gasteiger partial charge in [0.1, 0.15) is 0 Å². The number of hydrogen-bond donors (Lipinski definition) is 0. The van der Waals surface area contributed by atoms with E-state index in [9.17, 15) is 4.79 Å². The van der Waals surface area contributed by atoms with Crippen LogP contribution in [-0.4, -0.2) is 48.9 Å². The molecule has 2 aliphatic carbocycles. The van der Waals surface area contributed by atoms with E-state index < -0.39 is 0 Å². The molecule has 104 valence electrons. The number of hydrogen-bond acceptors (Lipinski definition) is 2. The highest BCUT2D eigenvalue weighted by Gasteiger charge is 2.36. The number of amides is 1. The first kappa shape index (κ1) is 13.9. The highest BCUT2D eigenvalue weighted by Crippen LogP contribution is 2.34. The van der Waals surface area contributed by atoms with Crippen LogP contribution in [0.5, 0.6) is 0 Å². The molecule has 2 fully saturated rings. The lowest BCUT2D eigenvalue weighted by Crippen LogP contribution is -2.46. The Morgan fingerprint density at radius 3 is 2.11 bits per heavy atom. The first-order valence-corrected chi connectivity index (χ1v) is 7.53. The second-order valence-electron chi connectivity index (χ2n) is 6.52. The van der Waals surface area contributed by atoms with Gasteiger partial charge in [-0.15, -0.1) is 0 Å². The van der Waals surface area contributed by atoms with E-state index in [-0.39, 0.29) is 0 Å². The summed E-state index contributed by atoms with van der Waals surface area (Å²) in [6.07, 6.45) is 7.27. The quantitative estimate of drug-likeness (QED) is 0.750. The molecule has 3 nitrogen and oxygen atoms in total. The lowest BCUT2D eigenvalue weighted by Gasteiger charge is -2.37. The molecule has 0 heterocycles. The van der Waals surface area contributed by atoms with E-state index in [4.69, 9.17) is 0 Å². The largest absolute Gasteiger partial charge is 0.338 e. The van der Waals surface area contributed by atoms with Crippen molar-refractivity contribution in [1.29, 1.82) is 0 Å². The molecule has 2 saturated carbocycles. The third kappa shape index (κ3) is 3.71. The lowest BCUT2D eigenvalue weighted by molar-refractivity contribution is -0.136. The van der Waals surface area contributed by atoms with Crippen LogP contribution in [0.3, 0.4) is 0 Å². The summed E-state index contributed by atoms with van der Waals surface area (Å²) in [6, 6.07) is 0.522. The number of likely N-dealkylation sites (N-methyl/N-ethyl adjacent to an activating group) is 1. The lowest BCUT2D eigenvalue weighted by atomic mass is 9.86. The first-order chi connectivity index (χ1) is 8.58. The normalized spacial score (nSPS) is 28.4. The molecule has 0 aliphatic heterocycles. The van der Waals surface area contributed by atoms with Crippen LogP contribution in [0.25, 0.3) is 0 Å². The van der Waals surface area contributed by atoms with E-state index in [0.717, 1.165) is 31.8 Å². The van der Waals surface area contributed by atoms with Gasteiger partial charge in [-0.1, -0.05) is 6.92 Å². The third-order valence-electron chi connectivity index (χ3n) is 4.42. The van der Waals surface area contributed by atoms with Crippen molar-refractivity contribution in [3.8, 4) is 0 Å². The first-order valence-electron chi connectivity index (χ1n) is 7.53. The van der Waals surface area contributed by atoms with Gasteiger partial charge >= 0.3 is 0 Å². The Morgan fingerprint density at radius 2 is 1.61 bits per heavy atom. The van der Waals surface area contributed by atoms with Gasteiger partial charge in [-0.05, 0) is 58.5 Å². The zero-order valence-electron chi connectivity index (χ0n) is 12.2. The Balaban J connectivity index is 1.92. The van der Waals surface area contributed by atoms with Gasteiger partial charge in [-0.2, -0.15) is 0 Å². The van der Waals surface area contributed by atoms with Crippen LogP contribution in [0, 0.1) is 11.8 Å². The molecule has 0 N–H and O–H groups in total. The van der Waals surface area contributed by atoms with Crippen LogP contribution in [0.1, 0.15) is 45.4 Å². The molecule has 3 heteroatoms. The minimum absolute atomic E-state index is 0.367. The van der Waals surface area contributed by atoms with Gasteiger partial charge in [-0.25, -0.2) is 0 Å². The van der Waals surface area contributed by atoms with E-state index >= 15 is 0 Å². The molecule has 0 aromatic carbocycles. The number of carbonyl (C=O) groups is 1. The Labute approximate surface area is 112 Å². The molecule has 0 aromatic rings. The molecule has 1 amide bonds. The molecule has 0 saturated heterocycles. The van der Waals surface area contributed by atoms with Gasteiger partial charge in [0.05, 0.1) is 0 Å². The fourth-order valence-corrected chi connectivity index (χ4v) is 2.90. The van der Waals surface area contributed by atoms with Crippen molar-refractivity contribution in [3.05, 3.63) is 0 Å². The minimum atomic E-state index is 0.367. The molecule has 0 unspecified atom stereocenters. The van der Waals surface area contributed by atoms with Gasteiger partial charge in [0.15, 0.2) is 0 Å². The fourth-order valence-electron chi connectivity index (χ4n) is 2.90. The zero-order valence-corrected chi connectivity index (χ0v) is 12.2. The summed E-state index contributed by atoms with van der Waals surface area (Å²) in [6.45, 7) is 4.25. The van der Waals surface area contributed by atoms with Gasteiger partial charge in [0, 0.05) is 25.0 Å². The number of nitrogens with zero attached hydrogens (tertiary/aromatic N) is 2. The van der Waals surface area contributed by atoms with Crippen molar-refractivity contribution in [2.45, 2.75) is 51.5 Å². The monoisotopic (exact) mass is 252 g/mol. The van der Waals surface area contributed by atoms with Crippen LogP contribution in [0.4, 0.5) is 0 Å². The Bertz CT molecular complexity index is 278. The summed E-state index contributed by atoms with van der Waals surface area (Å²) in [5.74, 6) is 1.66. The summed E-state index contributed by atoms with van der Waals surface area (Å²) in [5, 5.41) is 0. The van der Waals surface area contributed by atoms with Crippen molar-refractivity contribution >= 4 is 5.91 Å². The second-order valence-corrected chi connectivity index (χ2v) is 6.52. The smallest absolute Gasteiger partial charge is 0.225 e.